The first kappa shape index (κ1) is 24.1. The van der Waals surface area contributed by atoms with E-state index >= 15 is 0 Å². The number of nitrogens with one attached hydrogen (secondary N) is 2. The predicted octanol–water partition coefficient (Wildman–Crippen LogP) is 3.95. The minimum atomic E-state index is -3.35. The van der Waals surface area contributed by atoms with E-state index in [-0.39, 0.29) is 12.1 Å². The maximum absolute atomic E-state index is 12.2. The number of carbonyl (C=O) groups is 1. The number of hydrogen-bond acceptors (Lipinski definition) is 6. The Kier molecular flexibility index (Phi) is 7.11. The van der Waals surface area contributed by atoms with Gasteiger partial charge in [-0.1, -0.05) is 19.4 Å². The normalized spacial score (nSPS) is 18.7. The first-order valence-electron chi connectivity index (χ1n) is 11.9. The number of piperidine rings is 1. The Bertz CT molecular complexity index is 1260. The molecule has 2 aromatic heterocycles. The first-order chi connectivity index (χ1) is 16.3. The number of aldehydes is 1. The number of hydrogen-bond donors (Lipinski definition) is 2. The van der Waals surface area contributed by atoms with Crippen LogP contribution >= 0.6 is 0 Å². The molecule has 4 rings (SSSR count). The van der Waals surface area contributed by atoms with E-state index in [0.717, 1.165) is 73.9 Å². The minimum absolute atomic E-state index is 0.233. The molecule has 9 heteroatoms. The fourth-order valence-corrected chi connectivity index (χ4v) is 5.53. The van der Waals surface area contributed by atoms with Crippen LogP contribution in [0.25, 0.3) is 10.9 Å². The van der Waals surface area contributed by atoms with Crippen molar-refractivity contribution in [2.75, 3.05) is 33.9 Å². The number of anilines is 3. The number of nitrogens with zero attached hydrogens (tertiary/aromatic N) is 3. The zero-order chi connectivity index (χ0) is 24.3. The minimum Gasteiger partial charge on any atom is -0.354 e. The van der Waals surface area contributed by atoms with Gasteiger partial charge in [0, 0.05) is 41.9 Å². The fourth-order valence-electron chi connectivity index (χ4n) is 4.97. The van der Waals surface area contributed by atoms with Crippen molar-refractivity contribution in [1.82, 2.24) is 9.97 Å². The lowest BCUT2D eigenvalue weighted by Crippen LogP contribution is -2.51. The quantitative estimate of drug-likeness (QED) is 0.447. The molecule has 2 atom stereocenters. The topological polar surface area (TPSA) is 98.4 Å². The second-order valence-corrected chi connectivity index (χ2v) is 10.7. The Labute approximate surface area is 201 Å². The van der Waals surface area contributed by atoms with Gasteiger partial charge >= 0.3 is 0 Å². The summed E-state index contributed by atoms with van der Waals surface area (Å²) in [6, 6.07) is 11.5. The second kappa shape index (κ2) is 10.0. The van der Waals surface area contributed by atoms with E-state index in [2.05, 4.69) is 39.4 Å². The third-order valence-electron chi connectivity index (χ3n) is 6.43. The van der Waals surface area contributed by atoms with E-state index in [1.807, 2.05) is 24.4 Å². The van der Waals surface area contributed by atoms with Crippen LogP contribution in [-0.4, -0.2) is 56.1 Å². The molecule has 1 saturated heterocycles. The summed E-state index contributed by atoms with van der Waals surface area (Å²) in [5, 5.41) is 0.892. The highest BCUT2D eigenvalue weighted by Gasteiger charge is 2.33. The molecule has 34 heavy (non-hydrogen) atoms. The molecule has 182 valence electrons. The van der Waals surface area contributed by atoms with E-state index < -0.39 is 10.0 Å². The van der Waals surface area contributed by atoms with Gasteiger partial charge in [0.1, 0.15) is 17.9 Å². The predicted molar refractivity (Wildman–Crippen MR) is 138 cm³/mol. The molecule has 1 aliphatic rings. The lowest BCUT2D eigenvalue weighted by Gasteiger charge is -2.42. The molecule has 0 radical (unpaired) electrons. The van der Waals surface area contributed by atoms with Gasteiger partial charge in [0.05, 0.1) is 12.3 Å². The van der Waals surface area contributed by atoms with Gasteiger partial charge in [-0.05, 0) is 62.1 Å². The molecule has 3 aromatic rings. The summed E-state index contributed by atoms with van der Waals surface area (Å²) in [6.45, 7) is 5.90. The van der Waals surface area contributed by atoms with Crippen LogP contribution in [0.5, 0.6) is 0 Å². The molecule has 8 nitrogen and oxygen atoms in total. The third-order valence-corrected chi connectivity index (χ3v) is 7.04. The van der Waals surface area contributed by atoms with Gasteiger partial charge in [-0.3, -0.25) is 4.72 Å². The van der Waals surface area contributed by atoms with Crippen molar-refractivity contribution in [2.45, 2.75) is 51.6 Å². The summed E-state index contributed by atoms with van der Waals surface area (Å²) in [5.41, 5.74) is 2.67. The number of aromatic nitrogens is 2. The van der Waals surface area contributed by atoms with Gasteiger partial charge in [0.15, 0.2) is 0 Å². The van der Waals surface area contributed by atoms with Crippen LogP contribution in [0.15, 0.2) is 42.6 Å². The van der Waals surface area contributed by atoms with Crippen LogP contribution in [-0.2, 0) is 21.2 Å². The van der Waals surface area contributed by atoms with E-state index in [1.165, 1.54) is 5.56 Å². The van der Waals surface area contributed by atoms with Gasteiger partial charge in [-0.25, -0.2) is 13.4 Å². The summed E-state index contributed by atoms with van der Waals surface area (Å²) in [6.07, 6.45) is 7.70. The van der Waals surface area contributed by atoms with Gasteiger partial charge in [-0.15, -0.1) is 0 Å². The summed E-state index contributed by atoms with van der Waals surface area (Å²) >= 11 is 0. The largest absolute Gasteiger partial charge is 0.354 e. The third kappa shape index (κ3) is 5.19. The molecule has 1 fully saturated rings. The van der Waals surface area contributed by atoms with Crippen LogP contribution < -0.4 is 14.5 Å². The standard InChI is InChI=1S/C25H33N5O3S/c1-4-7-18-8-6-12-26-25(18)29(5-2)21-11-13-30(22(16-21)17-31)24-15-19-14-20(28-34(3,32)33)9-10-23(19)27-24/h6,8-10,12,14-15,17,21-22,27-28H,4-5,7,11,13,16H2,1-3H3. The van der Waals surface area contributed by atoms with E-state index in [4.69, 9.17) is 4.98 Å². The SMILES string of the molecule is CCCc1cccnc1N(CC)C1CCN(c2cc3cc(NS(C)(=O)=O)ccc3[nH]2)C(C=O)C1. The average molecular weight is 484 g/mol. The van der Waals surface area contributed by atoms with Crippen molar-refractivity contribution >= 4 is 44.5 Å². The fraction of sp³-hybridized carbons (Fsp3) is 0.440. The van der Waals surface area contributed by atoms with Crippen LogP contribution in [0.3, 0.4) is 0 Å². The molecule has 0 aliphatic carbocycles. The van der Waals surface area contributed by atoms with Crippen molar-refractivity contribution < 1.29 is 13.2 Å². The maximum Gasteiger partial charge on any atom is 0.229 e. The number of pyridine rings is 1. The number of sulfonamides is 1. The van der Waals surface area contributed by atoms with Gasteiger partial charge < -0.3 is 19.6 Å². The number of aryl methyl sites for hydroxylation is 1. The highest BCUT2D eigenvalue weighted by atomic mass is 32.2. The summed E-state index contributed by atoms with van der Waals surface area (Å²) in [4.78, 5) is 24.7. The number of H-pyrrole nitrogens is 1. The molecule has 1 aliphatic heterocycles. The molecule has 0 amide bonds. The Balaban J connectivity index is 1.55. The molecule has 0 saturated carbocycles. The van der Waals surface area contributed by atoms with E-state index in [1.54, 1.807) is 12.1 Å². The molecule has 1 aromatic carbocycles. The zero-order valence-corrected chi connectivity index (χ0v) is 20.8. The average Bonchev–Trinajstić information content (AvgIpc) is 3.23. The van der Waals surface area contributed by atoms with Crippen LogP contribution in [0.1, 0.15) is 38.7 Å². The highest BCUT2D eigenvalue weighted by Crippen LogP contribution is 2.32. The lowest BCUT2D eigenvalue weighted by molar-refractivity contribution is -0.109. The summed E-state index contributed by atoms with van der Waals surface area (Å²) in [7, 11) is -3.35. The lowest BCUT2D eigenvalue weighted by atomic mass is 9.95. The van der Waals surface area contributed by atoms with E-state index in [9.17, 15) is 13.2 Å². The monoisotopic (exact) mass is 483 g/mol. The zero-order valence-electron chi connectivity index (χ0n) is 20.0. The van der Waals surface area contributed by atoms with Gasteiger partial charge in [0.25, 0.3) is 0 Å². The van der Waals surface area contributed by atoms with E-state index in [0.29, 0.717) is 5.69 Å². The number of fused-ring (bicyclic) bond motifs is 1. The summed E-state index contributed by atoms with van der Waals surface area (Å²) in [5.74, 6) is 1.90. The molecular weight excluding hydrogens is 450 g/mol. The van der Waals surface area contributed by atoms with Crippen LogP contribution in [0.4, 0.5) is 17.3 Å². The Hall–Kier alpha value is -3.07. The molecule has 0 bridgehead atoms. The Morgan fingerprint density at radius 1 is 1.26 bits per heavy atom. The maximum atomic E-state index is 12.2. The van der Waals surface area contributed by atoms with Gasteiger partial charge in [0.2, 0.25) is 10.0 Å². The molecule has 2 unspecified atom stereocenters. The smallest absolute Gasteiger partial charge is 0.229 e. The van der Waals surface area contributed by atoms with Crippen LogP contribution in [0.2, 0.25) is 0 Å². The molecule has 2 N–H and O–H groups in total. The van der Waals surface area contributed by atoms with Gasteiger partial charge in [-0.2, -0.15) is 0 Å². The summed E-state index contributed by atoms with van der Waals surface area (Å²) < 4.78 is 25.6. The van der Waals surface area contributed by atoms with Crippen molar-refractivity contribution in [3.05, 3.63) is 48.2 Å². The van der Waals surface area contributed by atoms with Crippen LogP contribution in [0, 0.1) is 0 Å². The van der Waals surface area contributed by atoms with Crippen molar-refractivity contribution in [3.8, 4) is 0 Å². The number of rotatable bonds is 9. The molecule has 3 heterocycles. The Morgan fingerprint density at radius 2 is 2.09 bits per heavy atom. The second-order valence-electron chi connectivity index (χ2n) is 8.93. The molecular formula is C25H33N5O3S. The van der Waals surface area contributed by atoms with Crippen molar-refractivity contribution in [1.29, 1.82) is 0 Å². The molecule has 0 spiro atoms. The highest BCUT2D eigenvalue weighted by molar-refractivity contribution is 7.92. The Morgan fingerprint density at radius 3 is 2.79 bits per heavy atom. The van der Waals surface area contributed by atoms with Crippen molar-refractivity contribution in [3.63, 3.8) is 0 Å². The number of benzene rings is 1. The first-order valence-corrected chi connectivity index (χ1v) is 13.7. The number of aromatic amines is 1. The van der Waals surface area contributed by atoms with Crippen molar-refractivity contribution in [2.24, 2.45) is 0 Å². The number of carbonyl (C=O) groups excluding carboxylic acids is 1.